The fourth-order valence-corrected chi connectivity index (χ4v) is 0.298. The van der Waals surface area contributed by atoms with Crippen LogP contribution in [0.5, 0.6) is 0 Å². The number of aliphatic hydroxyl groups excluding tert-OH is 1. The predicted molar refractivity (Wildman–Crippen MR) is 31.3 cm³/mol. The van der Waals surface area contributed by atoms with Gasteiger partial charge in [-0.2, -0.15) is 5.48 Å². The van der Waals surface area contributed by atoms with E-state index in [4.69, 9.17) is 5.11 Å². The molecule has 8 heavy (non-hydrogen) atoms. The van der Waals surface area contributed by atoms with Crippen LogP contribution in [-0.2, 0) is 4.84 Å². The zero-order valence-electron chi connectivity index (χ0n) is 4.00. The van der Waals surface area contributed by atoms with Gasteiger partial charge in [0.1, 0.15) is 6.26 Å². The van der Waals surface area contributed by atoms with Crippen LogP contribution < -0.4 is 5.48 Å². The highest BCUT2D eigenvalue weighted by Crippen LogP contribution is 1.89. The van der Waals surface area contributed by atoms with Gasteiger partial charge in [0, 0.05) is 6.08 Å². The molecular weight excluding hydrogens is 130 g/mol. The number of hydrogen-bond donors (Lipinski definition) is 2. The Morgan fingerprint density at radius 3 is 2.62 bits per heavy atom. The molecule has 0 radical (unpaired) electrons. The number of nitrogens with one attached hydrogen (secondary N) is 1. The van der Waals surface area contributed by atoms with Crippen molar-refractivity contribution >= 4 is 12.4 Å². The maximum Gasteiger partial charge on any atom is 0.217 e. The first-order chi connectivity index (χ1) is 3.39. The molecule has 1 aliphatic rings. The Hall–Kier alpha value is -0.830. The molecule has 0 aliphatic carbocycles. The minimum atomic E-state index is 0. The molecule has 0 atom stereocenters. The van der Waals surface area contributed by atoms with Gasteiger partial charge in [0.05, 0.1) is 0 Å². The quantitative estimate of drug-likeness (QED) is 0.518. The second-order valence-corrected chi connectivity index (χ2v) is 1.10. The number of allylic oxidation sites excluding steroid dienone is 2. The second-order valence-electron chi connectivity index (χ2n) is 1.10. The fourth-order valence-electron chi connectivity index (χ4n) is 0.298. The third-order valence-electron chi connectivity index (χ3n) is 0.564. The molecule has 0 spiro atoms. The van der Waals surface area contributed by atoms with Gasteiger partial charge >= 0.3 is 0 Å². The average Bonchev–Trinajstić information content (AvgIpc) is 1.69. The van der Waals surface area contributed by atoms with E-state index in [0.717, 1.165) is 0 Å². The first-order valence-corrected chi connectivity index (χ1v) is 1.87. The Kier molecular flexibility index (Phi) is 2.88. The van der Waals surface area contributed by atoms with Crippen molar-refractivity contribution in [3.05, 3.63) is 24.3 Å². The maximum atomic E-state index is 8.48. The molecular formula is C4H6ClNO2. The predicted octanol–water partition coefficient (Wildman–Crippen LogP) is 0.856. The van der Waals surface area contributed by atoms with Gasteiger partial charge < -0.3 is 9.94 Å². The first-order valence-electron chi connectivity index (χ1n) is 1.87. The van der Waals surface area contributed by atoms with Crippen molar-refractivity contribution in [2.24, 2.45) is 0 Å². The molecule has 0 fully saturated rings. The van der Waals surface area contributed by atoms with E-state index in [1.165, 1.54) is 12.3 Å². The molecule has 0 saturated heterocycles. The van der Waals surface area contributed by atoms with Gasteiger partial charge in [-0.1, -0.05) is 0 Å². The van der Waals surface area contributed by atoms with Crippen molar-refractivity contribution in [1.82, 2.24) is 5.48 Å². The fraction of sp³-hybridized carbons (Fsp3) is 0. The SMILES string of the molecule is Cl.OC1=CC=CON1. The van der Waals surface area contributed by atoms with Crippen LogP contribution in [0, 0.1) is 0 Å². The monoisotopic (exact) mass is 135 g/mol. The summed E-state index contributed by atoms with van der Waals surface area (Å²) in [7, 11) is 0. The smallest absolute Gasteiger partial charge is 0.217 e. The minimum absolute atomic E-state index is 0. The lowest BCUT2D eigenvalue weighted by Gasteiger charge is -2.03. The molecule has 1 heterocycles. The molecule has 0 aromatic carbocycles. The van der Waals surface area contributed by atoms with E-state index in [1.807, 2.05) is 0 Å². The van der Waals surface area contributed by atoms with Crippen molar-refractivity contribution in [2.75, 3.05) is 0 Å². The Morgan fingerprint density at radius 2 is 2.38 bits per heavy atom. The number of aliphatic hydroxyl groups is 1. The normalized spacial score (nSPS) is 14.8. The van der Waals surface area contributed by atoms with Crippen molar-refractivity contribution in [3.8, 4) is 0 Å². The van der Waals surface area contributed by atoms with E-state index in [9.17, 15) is 0 Å². The highest BCUT2D eigenvalue weighted by Gasteiger charge is 1.88. The molecule has 4 heteroatoms. The number of hydrogen-bond acceptors (Lipinski definition) is 3. The van der Waals surface area contributed by atoms with Gasteiger partial charge in [-0.25, -0.2) is 0 Å². The highest BCUT2D eigenvalue weighted by molar-refractivity contribution is 5.85. The molecule has 2 N–H and O–H groups in total. The van der Waals surface area contributed by atoms with Crippen molar-refractivity contribution in [2.45, 2.75) is 0 Å². The van der Waals surface area contributed by atoms with Crippen LogP contribution in [0.15, 0.2) is 24.3 Å². The molecule has 3 nitrogen and oxygen atoms in total. The van der Waals surface area contributed by atoms with Crippen LogP contribution in [-0.4, -0.2) is 5.11 Å². The summed E-state index contributed by atoms with van der Waals surface area (Å²) < 4.78 is 0. The third-order valence-corrected chi connectivity index (χ3v) is 0.564. The van der Waals surface area contributed by atoms with E-state index < -0.39 is 0 Å². The van der Waals surface area contributed by atoms with Gasteiger partial charge in [-0.15, -0.1) is 12.4 Å². The van der Waals surface area contributed by atoms with E-state index in [1.54, 1.807) is 6.08 Å². The molecule has 1 rings (SSSR count). The summed E-state index contributed by atoms with van der Waals surface area (Å²) in [6, 6.07) is 0. The van der Waals surface area contributed by atoms with Crippen molar-refractivity contribution in [1.29, 1.82) is 0 Å². The van der Waals surface area contributed by atoms with Gasteiger partial charge in [0.15, 0.2) is 0 Å². The molecule has 0 aromatic heterocycles. The van der Waals surface area contributed by atoms with E-state index in [0.29, 0.717) is 0 Å². The number of halogens is 1. The van der Waals surface area contributed by atoms with E-state index in [-0.39, 0.29) is 18.3 Å². The summed E-state index contributed by atoms with van der Waals surface area (Å²) in [5.74, 6) is 0.0301. The molecule has 0 aromatic rings. The zero-order chi connectivity index (χ0) is 5.11. The molecule has 0 amide bonds. The summed E-state index contributed by atoms with van der Waals surface area (Å²) in [5.41, 5.74) is 2.21. The van der Waals surface area contributed by atoms with Gasteiger partial charge in [0.2, 0.25) is 5.88 Å². The minimum Gasteiger partial charge on any atom is -0.493 e. The van der Waals surface area contributed by atoms with Crippen LogP contribution in [0.25, 0.3) is 0 Å². The maximum absolute atomic E-state index is 8.48. The van der Waals surface area contributed by atoms with Crippen LogP contribution >= 0.6 is 12.4 Å². The lowest BCUT2D eigenvalue weighted by atomic mass is 10.5. The van der Waals surface area contributed by atoms with Crippen LogP contribution in [0.4, 0.5) is 0 Å². The summed E-state index contributed by atoms with van der Waals surface area (Å²) in [6.45, 7) is 0. The summed E-state index contributed by atoms with van der Waals surface area (Å²) in [6.07, 6.45) is 4.51. The summed E-state index contributed by atoms with van der Waals surface area (Å²) in [4.78, 5) is 4.43. The summed E-state index contributed by atoms with van der Waals surface area (Å²) in [5, 5.41) is 8.48. The lowest BCUT2D eigenvalue weighted by Crippen LogP contribution is -2.11. The standard InChI is InChI=1S/C4H5NO2.ClH/c6-4-2-1-3-7-5-4;/h1-3,5-6H;1H. The second kappa shape index (κ2) is 3.21. The van der Waals surface area contributed by atoms with Crippen LogP contribution in [0.2, 0.25) is 0 Å². The lowest BCUT2D eigenvalue weighted by molar-refractivity contribution is 0.109. The van der Waals surface area contributed by atoms with Crippen molar-refractivity contribution < 1.29 is 9.94 Å². The first kappa shape index (κ1) is 7.17. The zero-order valence-corrected chi connectivity index (χ0v) is 4.81. The Labute approximate surface area is 53.0 Å². The molecule has 1 aliphatic heterocycles. The molecule has 0 unspecified atom stereocenters. The van der Waals surface area contributed by atoms with E-state index in [2.05, 4.69) is 10.3 Å². The number of hydroxylamine groups is 1. The molecule has 46 valence electrons. The van der Waals surface area contributed by atoms with Gasteiger partial charge in [0.25, 0.3) is 0 Å². The number of rotatable bonds is 0. The Balaban J connectivity index is 0.000000490. The van der Waals surface area contributed by atoms with Gasteiger partial charge in [-0.05, 0) is 6.08 Å². The van der Waals surface area contributed by atoms with E-state index >= 15 is 0 Å². The topological polar surface area (TPSA) is 41.5 Å². The van der Waals surface area contributed by atoms with Crippen LogP contribution in [0.1, 0.15) is 0 Å². The van der Waals surface area contributed by atoms with Crippen molar-refractivity contribution in [3.63, 3.8) is 0 Å². The summed E-state index contributed by atoms with van der Waals surface area (Å²) >= 11 is 0. The third kappa shape index (κ3) is 1.75. The molecule has 0 saturated carbocycles. The van der Waals surface area contributed by atoms with Gasteiger partial charge in [-0.3, -0.25) is 0 Å². The van der Waals surface area contributed by atoms with Crippen LogP contribution in [0.3, 0.4) is 0 Å². The Morgan fingerprint density at radius 1 is 1.62 bits per heavy atom. The average molecular weight is 136 g/mol. The highest BCUT2D eigenvalue weighted by atomic mass is 35.5. The largest absolute Gasteiger partial charge is 0.493 e. The Bertz CT molecular complexity index is 121. The molecule has 0 bridgehead atoms.